The Balaban J connectivity index is 2.64. The minimum absolute atomic E-state index is 0.289. The van der Waals surface area contributed by atoms with E-state index in [-0.39, 0.29) is 6.54 Å². The molecule has 2 rings (SSSR count). The van der Waals surface area contributed by atoms with Crippen LogP contribution < -0.4 is 0 Å². The summed E-state index contributed by atoms with van der Waals surface area (Å²) in [6.45, 7) is 6.99. The number of rotatable bonds is 1. The second-order valence-corrected chi connectivity index (χ2v) is 2.44. The topological polar surface area (TPSA) is 30.4 Å². The number of benzene rings is 1. The summed E-state index contributed by atoms with van der Waals surface area (Å²) in [4.78, 5) is 3.26. The number of hydrogen-bond acceptors (Lipinski definition) is 2. The van der Waals surface area contributed by atoms with Crippen LogP contribution in [0, 0.1) is 6.57 Å². The Kier molecular flexibility index (Phi) is 1.52. The van der Waals surface area contributed by atoms with Crippen molar-refractivity contribution < 1.29 is 4.52 Å². The van der Waals surface area contributed by atoms with E-state index < -0.39 is 0 Å². The number of nitrogens with zero attached hydrogens (tertiary/aromatic N) is 2. The molecule has 0 spiro atoms. The number of para-hydroxylation sites is 1. The molecule has 1 aromatic carbocycles. The van der Waals surface area contributed by atoms with Crippen LogP contribution in [0.5, 0.6) is 0 Å². The van der Waals surface area contributed by atoms with Gasteiger partial charge >= 0.3 is 0 Å². The fourth-order valence-electron chi connectivity index (χ4n) is 1.13. The fraction of sp³-hybridized carbons (Fsp3) is 0.111. The number of hydrogen-bond donors (Lipinski definition) is 0. The van der Waals surface area contributed by atoms with E-state index in [9.17, 15) is 0 Å². The first kappa shape index (κ1) is 6.86. The van der Waals surface area contributed by atoms with E-state index in [1.54, 1.807) is 0 Å². The van der Waals surface area contributed by atoms with Crippen LogP contribution in [0.3, 0.4) is 0 Å². The van der Waals surface area contributed by atoms with Crippen molar-refractivity contribution in [1.29, 1.82) is 0 Å². The maximum Gasteiger partial charge on any atom is 0.260 e. The maximum absolute atomic E-state index is 6.70. The van der Waals surface area contributed by atoms with Crippen molar-refractivity contribution in [3.05, 3.63) is 41.4 Å². The molecule has 0 aliphatic carbocycles. The minimum atomic E-state index is 0.289. The molecule has 0 fully saturated rings. The summed E-state index contributed by atoms with van der Waals surface area (Å²) in [7, 11) is 0. The van der Waals surface area contributed by atoms with Gasteiger partial charge in [0, 0.05) is 0 Å². The van der Waals surface area contributed by atoms with Crippen LogP contribution in [0.4, 0.5) is 0 Å². The number of aromatic nitrogens is 1. The molecule has 3 heteroatoms. The monoisotopic (exact) mass is 158 g/mol. The van der Waals surface area contributed by atoms with Crippen LogP contribution in [0.15, 0.2) is 28.8 Å². The molecule has 0 aliphatic heterocycles. The van der Waals surface area contributed by atoms with Gasteiger partial charge in [-0.25, -0.2) is 6.57 Å². The third-order valence-electron chi connectivity index (χ3n) is 1.68. The molecule has 0 radical (unpaired) electrons. The third kappa shape index (κ3) is 0.940. The van der Waals surface area contributed by atoms with Gasteiger partial charge in [-0.15, -0.1) is 0 Å². The van der Waals surface area contributed by atoms with Crippen LogP contribution in [-0.2, 0) is 6.54 Å². The molecule has 0 unspecified atom stereocenters. The van der Waals surface area contributed by atoms with E-state index in [4.69, 9.17) is 11.1 Å². The molecule has 58 valence electrons. The standard InChI is InChI=1S/C9H6N2O/c1-10-6-8-7-4-2-3-5-9(7)12-11-8/h2-5H,6H2. The zero-order chi connectivity index (χ0) is 8.39. The van der Waals surface area contributed by atoms with Gasteiger partial charge in [0.15, 0.2) is 11.3 Å². The molecule has 12 heavy (non-hydrogen) atoms. The lowest BCUT2D eigenvalue weighted by Gasteiger charge is -1.83. The Morgan fingerprint density at radius 2 is 2.25 bits per heavy atom. The summed E-state index contributed by atoms with van der Waals surface area (Å²) >= 11 is 0. The van der Waals surface area contributed by atoms with Crippen LogP contribution in [0.1, 0.15) is 5.69 Å². The summed E-state index contributed by atoms with van der Waals surface area (Å²) in [5.74, 6) is 0. The van der Waals surface area contributed by atoms with Gasteiger partial charge in [0.2, 0.25) is 0 Å². The van der Waals surface area contributed by atoms with Gasteiger partial charge in [0.25, 0.3) is 6.54 Å². The SMILES string of the molecule is [C-]#[N+]Cc1noc2ccccc12. The van der Waals surface area contributed by atoms with Crippen LogP contribution in [0.25, 0.3) is 15.8 Å². The molecule has 0 saturated carbocycles. The molecule has 2 aromatic rings. The highest BCUT2D eigenvalue weighted by Crippen LogP contribution is 2.17. The van der Waals surface area contributed by atoms with E-state index in [2.05, 4.69) is 10.0 Å². The molecule has 0 N–H and O–H groups in total. The maximum atomic E-state index is 6.70. The largest absolute Gasteiger partial charge is 0.356 e. The Morgan fingerprint density at radius 3 is 3.08 bits per heavy atom. The number of fused-ring (bicyclic) bond motifs is 1. The zero-order valence-corrected chi connectivity index (χ0v) is 6.32. The van der Waals surface area contributed by atoms with Crippen molar-refractivity contribution in [3.63, 3.8) is 0 Å². The first-order chi connectivity index (χ1) is 5.92. The van der Waals surface area contributed by atoms with Gasteiger partial charge in [-0.2, -0.15) is 0 Å². The van der Waals surface area contributed by atoms with Crippen molar-refractivity contribution >= 4 is 11.0 Å². The summed E-state index contributed by atoms with van der Waals surface area (Å²) in [5, 5.41) is 4.73. The Hall–Kier alpha value is -1.82. The lowest BCUT2D eigenvalue weighted by Crippen LogP contribution is -1.77. The summed E-state index contributed by atoms with van der Waals surface area (Å²) in [5.41, 5.74) is 1.47. The van der Waals surface area contributed by atoms with Gasteiger partial charge < -0.3 is 9.37 Å². The van der Waals surface area contributed by atoms with E-state index in [0.717, 1.165) is 16.7 Å². The molecule has 0 amide bonds. The molecule has 0 aliphatic rings. The molecular weight excluding hydrogens is 152 g/mol. The van der Waals surface area contributed by atoms with Crippen molar-refractivity contribution in [2.24, 2.45) is 0 Å². The molecular formula is C9H6N2O. The van der Waals surface area contributed by atoms with Crippen molar-refractivity contribution in [1.82, 2.24) is 5.16 Å². The van der Waals surface area contributed by atoms with E-state index in [0.29, 0.717) is 0 Å². The van der Waals surface area contributed by atoms with Gasteiger partial charge in [0.05, 0.1) is 5.39 Å². The Morgan fingerprint density at radius 1 is 1.42 bits per heavy atom. The smallest absolute Gasteiger partial charge is 0.260 e. The minimum Gasteiger partial charge on any atom is -0.356 e. The van der Waals surface area contributed by atoms with Gasteiger partial charge in [0.1, 0.15) is 0 Å². The van der Waals surface area contributed by atoms with Gasteiger partial charge in [-0.3, -0.25) is 0 Å². The first-order valence-electron chi connectivity index (χ1n) is 3.58. The molecule has 1 aromatic heterocycles. The Bertz CT molecular complexity index is 439. The van der Waals surface area contributed by atoms with E-state index in [1.807, 2.05) is 24.3 Å². The second kappa shape index (κ2) is 2.67. The zero-order valence-electron chi connectivity index (χ0n) is 6.32. The van der Waals surface area contributed by atoms with Gasteiger partial charge in [-0.1, -0.05) is 17.3 Å². The van der Waals surface area contributed by atoms with Crippen LogP contribution >= 0.6 is 0 Å². The van der Waals surface area contributed by atoms with E-state index in [1.165, 1.54) is 0 Å². The average molecular weight is 158 g/mol. The fourth-order valence-corrected chi connectivity index (χ4v) is 1.13. The highest BCUT2D eigenvalue weighted by Gasteiger charge is 2.07. The van der Waals surface area contributed by atoms with Gasteiger partial charge in [-0.05, 0) is 12.1 Å². The normalized spacial score (nSPS) is 9.92. The lowest BCUT2D eigenvalue weighted by atomic mass is 10.2. The van der Waals surface area contributed by atoms with Crippen LogP contribution in [-0.4, -0.2) is 5.16 Å². The third-order valence-corrected chi connectivity index (χ3v) is 1.68. The first-order valence-corrected chi connectivity index (χ1v) is 3.58. The highest BCUT2D eigenvalue weighted by molar-refractivity contribution is 5.79. The van der Waals surface area contributed by atoms with Crippen molar-refractivity contribution in [2.45, 2.75) is 6.54 Å². The second-order valence-electron chi connectivity index (χ2n) is 2.44. The molecule has 3 nitrogen and oxygen atoms in total. The van der Waals surface area contributed by atoms with Crippen LogP contribution in [0.2, 0.25) is 0 Å². The van der Waals surface area contributed by atoms with E-state index >= 15 is 0 Å². The molecule has 0 saturated heterocycles. The summed E-state index contributed by atoms with van der Waals surface area (Å²) in [6, 6.07) is 7.55. The average Bonchev–Trinajstić information content (AvgIpc) is 2.50. The lowest BCUT2D eigenvalue weighted by molar-refractivity contribution is 0.448. The predicted octanol–water partition coefficient (Wildman–Crippen LogP) is 2.25. The molecule has 1 heterocycles. The summed E-state index contributed by atoms with van der Waals surface area (Å²) in [6.07, 6.45) is 0. The van der Waals surface area contributed by atoms with Crippen molar-refractivity contribution in [2.75, 3.05) is 0 Å². The highest BCUT2D eigenvalue weighted by atomic mass is 16.5. The summed E-state index contributed by atoms with van der Waals surface area (Å²) < 4.78 is 5.01. The molecule has 0 bridgehead atoms. The van der Waals surface area contributed by atoms with Crippen molar-refractivity contribution in [3.8, 4) is 0 Å². The quantitative estimate of drug-likeness (QED) is 0.596. The molecule has 0 atom stereocenters. The Labute approximate surface area is 69.4 Å². The predicted molar refractivity (Wildman–Crippen MR) is 44.3 cm³/mol.